The van der Waals surface area contributed by atoms with Crippen LogP contribution in [0.4, 0.5) is 0 Å². The number of amides is 1. The van der Waals surface area contributed by atoms with Crippen LogP contribution in [-0.4, -0.2) is 44.0 Å². The Bertz CT molecular complexity index is 444. The van der Waals surface area contributed by atoms with Gasteiger partial charge in [-0.25, -0.2) is 0 Å². The zero-order valence-electron chi connectivity index (χ0n) is 12.5. The fourth-order valence-corrected chi connectivity index (χ4v) is 3.70. The number of thiophene rings is 1. The van der Waals surface area contributed by atoms with Gasteiger partial charge in [-0.2, -0.15) is 0 Å². The summed E-state index contributed by atoms with van der Waals surface area (Å²) in [6.07, 6.45) is 3.65. The second-order valence-corrected chi connectivity index (χ2v) is 7.39. The van der Waals surface area contributed by atoms with Gasteiger partial charge in [0.15, 0.2) is 0 Å². The molecule has 1 saturated heterocycles. The molecule has 21 heavy (non-hydrogen) atoms. The van der Waals surface area contributed by atoms with E-state index in [1.807, 2.05) is 19.2 Å². The third kappa shape index (κ3) is 5.94. The lowest BCUT2D eigenvalue weighted by atomic mass is 9.93. The van der Waals surface area contributed by atoms with Crippen molar-refractivity contribution in [1.82, 2.24) is 15.5 Å². The van der Waals surface area contributed by atoms with E-state index in [9.17, 15) is 4.79 Å². The van der Waals surface area contributed by atoms with Gasteiger partial charge in [-0.1, -0.05) is 11.6 Å². The molecule has 2 rings (SSSR count). The first-order valence-corrected chi connectivity index (χ1v) is 8.74. The summed E-state index contributed by atoms with van der Waals surface area (Å²) in [5.41, 5.74) is 0. The van der Waals surface area contributed by atoms with Crippen LogP contribution in [0.15, 0.2) is 12.1 Å². The molecule has 0 unspecified atom stereocenters. The first-order valence-electron chi connectivity index (χ1n) is 7.55. The lowest BCUT2D eigenvalue weighted by Crippen LogP contribution is -2.41. The average Bonchev–Trinajstić information content (AvgIpc) is 2.90. The Balaban J connectivity index is 1.62. The highest BCUT2D eigenvalue weighted by Gasteiger charge is 2.20. The smallest absolute Gasteiger partial charge is 0.234 e. The number of nitrogens with zero attached hydrogens (tertiary/aromatic N) is 1. The summed E-state index contributed by atoms with van der Waals surface area (Å²) in [7, 11) is 2.00. The molecular formula is C15H24ClN3OS. The molecule has 0 saturated carbocycles. The van der Waals surface area contributed by atoms with Crippen LogP contribution < -0.4 is 10.6 Å². The van der Waals surface area contributed by atoms with Crippen LogP contribution in [0.1, 0.15) is 24.1 Å². The van der Waals surface area contributed by atoms with Crippen molar-refractivity contribution in [2.75, 3.05) is 33.2 Å². The summed E-state index contributed by atoms with van der Waals surface area (Å²) < 4.78 is 0.767. The highest BCUT2D eigenvalue weighted by molar-refractivity contribution is 7.16. The predicted octanol–water partition coefficient (Wildman–Crippen LogP) is 2.34. The Labute approximate surface area is 135 Å². The first kappa shape index (κ1) is 16.7. The summed E-state index contributed by atoms with van der Waals surface area (Å²) in [5.74, 6) is 0.915. The maximum absolute atomic E-state index is 12.0. The van der Waals surface area contributed by atoms with Crippen LogP contribution in [0.25, 0.3) is 0 Å². The Hall–Kier alpha value is -0.620. The van der Waals surface area contributed by atoms with Gasteiger partial charge in [0.1, 0.15) is 0 Å². The highest BCUT2D eigenvalue weighted by Crippen LogP contribution is 2.21. The summed E-state index contributed by atoms with van der Waals surface area (Å²) >= 11 is 7.39. The maximum Gasteiger partial charge on any atom is 0.234 e. The maximum atomic E-state index is 12.0. The monoisotopic (exact) mass is 329 g/mol. The molecule has 0 bridgehead atoms. The van der Waals surface area contributed by atoms with Crippen LogP contribution in [0, 0.1) is 5.92 Å². The highest BCUT2D eigenvalue weighted by atomic mass is 35.5. The van der Waals surface area contributed by atoms with Crippen molar-refractivity contribution < 1.29 is 4.79 Å². The van der Waals surface area contributed by atoms with Crippen LogP contribution in [-0.2, 0) is 11.3 Å². The largest absolute Gasteiger partial charge is 0.350 e. The molecule has 1 aromatic heterocycles. The molecule has 1 aromatic rings. The minimum Gasteiger partial charge on any atom is -0.350 e. The van der Waals surface area contributed by atoms with E-state index in [-0.39, 0.29) is 5.91 Å². The fourth-order valence-electron chi connectivity index (χ4n) is 2.67. The Kier molecular flexibility index (Phi) is 6.96. The minimum atomic E-state index is 0.105. The molecule has 6 heteroatoms. The molecule has 118 valence electrons. The van der Waals surface area contributed by atoms with E-state index in [1.54, 1.807) is 0 Å². The molecule has 0 radical (unpaired) electrons. The van der Waals surface area contributed by atoms with Crippen molar-refractivity contribution in [1.29, 1.82) is 0 Å². The summed E-state index contributed by atoms with van der Waals surface area (Å²) in [6.45, 7) is 4.25. The van der Waals surface area contributed by atoms with Gasteiger partial charge >= 0.3 is 0 Å². The standard InChI is InChI=1S/C15H24ClN3OS/c1-17-7-4-12-5-8-19(9-6-12)11-15(20)18-10-13-2-3-14(16)21-13/h2-3,12,17H,4-11H2,1H3,(H,18,20). The van der Waals surface area contributed by atoms with Crippen LogP contribution >= 0.6 is 22.9 Å². The van der Waals surface area contributed by atoms with Crippen molar-refractivity contribution >= 4 is 28.8 Å². The van der Waals surface area contributed by atoms with Crippen molar-refractivity contribution in [3.05, 3.63) is 21.3 Å². The molecule has 1 aliphatic heterocycles. The van der Waals surface area contributed by atoms with Crippen molar-refractivity contribution in [2.24, 2.45) is 5.92 Å². The molecule has 0 spiro atoms. The molecule has 1 amide bonds. The summed E-state index contributed by atoms with van der Waals surface area (Å²) in [5, 5.41) is 6.17. The number of likely N-dealkylation sites (tertiary alicyclic amines) is 1. The number of piperidine rings is 1. The molecule has 0 aromatic carbocycles. The molecule has 1 fully saturated rings. The molecule has 2 N–H and O–H groups in total. The van der Waals surface area contributed by atoms with Gasteiger partial charge in [0.2, 0.25) is 5.91 Å². The number of hydrogen-bond acceptors (Lipinski definition) is 4. The second kappa shape index (κ2) is 8.73. The van der Waals surface area contributed by atoms with Gasteiger partial charge in [0.25, 0.3) is 0 Å². The van der Waals surface area contributed by atoms with Crippen molar-refractivity contribution in [2.45, 2.75) is 25.8 Å². The molecule has 0 atom stereocenters. The van der Waals surface area contributed by atoms with Gasteiger partial charge in [0.05, 0.1) is 17.4 Å². The van der Waals surface area contributed by atoms with Gasteiger partial charge < -0.3 is 10.6 Å². The van der Waals surface area contributed by atoms with Crippen molar-refractivity contribution in [3.63, 3.8) is 0 Å². The number of carbonyl (C=O) groups excluding carboxylic acids is 1. The van der Waals surface area contributed by atoms with E-state index in [2.05, 4.69) is 15.5 Å². The van der Waals surface area contributed by atoms with Gasteiger partial charge in [0, 0.05) is 4.88 Å². The van der Waals surface area contributed by atoms with E-state index >= 15 is 0 Å². The Morgan fingerprint density at radius 1 is 1.43 bits per heavy atom. The topological polar surface area (TPSA) is 44.4 Å². The fraction of sp³-hybridized carbons (Fsp3) is 0.667. The van der Waals surface area contributed by atoms with E-state index in [1.165, 1.54) is 30.6 Å². The van der Waals surface area contributed by atoms with Gasteiger partial charge in [-0.05, 0) is 64.0 Å². The summed E-state index contributed by atoms with van der Waals surface area (Å²) in [4.78, 5) is 15.3. The number of carbonyl (C=O) groups is 1. The predicted molar refractivity (Wildman–Crippen MR) is 88.9 cm³/mol. The lowest BCUT2D eigenvalue weighted by Gasteiger charge is -2.31. The molecule has 4 nitrogen and oxygen atoms in total. The van der Waals surface area contributed by atoms with Gasteiger partial charge in [-0.3, -0.25) is 9.69 Å². The second-order valence-electron chi connectivity index (χ2n) is 5.59. The van der Waals surface area contributed by atoms with Gasteiger partial charge in [-0.15, -0.1) is 11.3 Å². The Morgan fingerprint density at radius 3 is 2.81 bits per heavy atom. The third-order valence-corrected chi connectivity index (χ3v) is 5.20. The minimum absolute atomic E-state index is 0.105. The molecular weight excluding hydrogens is 306 g/mol. The first-order chi connectivity index (χ1) is 10.2. The van der Waals surface area contributed by atoms with Crippen LogP contribution in [0.5, 0.6) is 0 Å². The average molecular weight is 330 g/mol. The normalized spacial score (nSPS) is 17.0. The SMILES string of the molecule is CNCCC1CCN(CC(=O)NCc2ccc(Cl)s2)CC1. The Morgan fingerprint density at radius 2 is 2.19 bits per heavy atom. The van der Waals surface area contributed by atoms with E-state index in [0.717, 1.165) is 34.8 Å². The van der Waals surface area contributed by atoms with E-state index in [0.29, 0.717) is 13.1 Å². The third-order valence-electron chi connectivity index (χ3n) is 3.97. The number of nitrogens with one attached hydrogen (secondary N) is 2. The zero-order valence-corrected chi connectivity index (χ0v) is 14.1. The molecule has 0 aliphatic carbocycles. The number of hydrogen-bond donors (Lipinski definition) is 2. The van der Waals surface area contributed by atoms with E-state index in [4.69, 9.17) is 11.6 Å². The number of halogens is 1. The van der Waals surface area contributed by atoms with E-state index < -0.39 is 0 Å². The van der Waals surface area contributed by atoms with Crippen LogP contribution in [0.3, 0.4) is 0 Å². The molecule has 2 heterocycles. The van der Waals surface area contributed by atoms with Crippen LogP contribution in [0.2, 0.25) is 4.34 Å². The zero-order chi connectivity index (χ0) is 15.1. The number of rotatable bonds is 7. The van der Waals surface area contributed by atoms with Crippen molar-refractivity contribution in [3.8, 4) is 0 Å². The quantitative estimate of drug-likeness (QED) is 0.807. The lowest BCUT2D eigenvalue weighted by molar-refractivity contribution is -0.122. The summed E-state index contributed by atoms with van der Waals surface area (Å²) in [6, 6.07) is 3.82. The molecule has 1 aliphatic rings.